The van der Waals surface area contributed by atoms with Crippen molar-refractivity contribution >= 4 is 33.5 Å². The maximum absolute atomic E-state index is 12.1. The van der Waals surface area contributed by atoms with Crippen LogP contribution in [0.5, 0.6) is 0 Å². The second kappa shape index (κ2) is 7.32. The zero-order chi connectivity index (χ0) is 17.1. The Bertz CT molecular complexity index is 777. The molecule has 128 valence electrons. The molecule has 2 aromatic rings. The van der Waals surface area contributed by atoms with Crippen molar-refractivity contribution < 1.29 is 18.3 Å². The van der Waals surface area contributed by atoms with E-state index in [0.717, 1.165) is 35.8 Å². The highest BCUT2D eigenvalue weighted by molar-refractivity contribution is 7.79. The van der Waals surface area contributed by atoms with Gasteiger partial charge in [0.25, 0.3) is 0 Å². The third kappa shape index (κ3) is 3.30. The Morgan fingerprint density at radius 2 is 2.12 bits per heavy atom. The van der Waals surface area contributed by atoms with Gasteiger partial charge in [0, 0.05) is 18.5 Å². The molecule has 2 aromatic carbocycles. The molecule has 5 nitrogen and oxygen atoms in total. The molecule has 1 aliphatic rings. The zero-order valence-electron chi connectivity index (χ0n) is 13.6. The smallest absolute Gasteiger partial charge is 0.310 e. The SMILES string of the molecule is CCOC(=O)C1CCCN(c2c(S(=O)O)ccc3ccccc23)C1. The first-order chi connectivity index (χ1) is 11.6. The van der Waals surface area contributed by atoms with Crippen LogP contribution in [0.3, 0.4) is 0 Å². The Kier molecular flexibility index (Phi) is 5.16. The van der Waals surface area contributed by atoms with Gasteiger partial charge in [0.2, 0.25) is 0 Å². The fourth-order valence-electron chi connectivity index (χ4n) is 3.33. The van der Waals surface area contributed by atoms with Crippen molar-refractivity contribution in [2.24, 2.45) is 5.92 Å². The standard InChI is InChI=1S/C18H21NO4S/c1-2-23-18(20)14-7-5-11-19(12-14)17-15-8-4-3-6-13(15)9-10-16(17)24(21)22/h3-4,6,8-10,14H,2,5,7,11-12H2,1H3,(H,21,22). The van der Waals surface area contributed by atoms with E-state index in [1.54, 1.807) is 13.0 Å². The molecule has 0 bridgehead atoms. The van der Waals surface area contributed by atoms with Gasteiger partial charge in [-0.25, -0.2) is 4.21 Å². The molecule has 2 unspecified atom stereocenters. The lowest BCUT2D eigenvalue weighted by Crippen LogP contribution is -2.40. The van der Waals surface area contributed by atoms with Gasteiger partial charge < -0.3 is 14.2 Å². The number of carbonyl (C=O) groups excluding carboxylic acids is 1. The van der Waals surface area contributed by atoms with E-state index in [-0.39, 0.29) is 11.9 Å². The number of piperidine rings is 1. The minimum Gasteiger partial charge on any atom is -0.466 e. The highest BCUT2D eigenvalue weighted by Crippen LogP contribution is 2.35. The molecule has 0 radical (unpaired) electrons. The number of hydrogen-bond donors (Lipinski definition) is 1. The molecule has 2 atom stereocenters. The predicted molar refractivity (Wildman–Crippen MR) is 94.6 cm³/mol. The number of rotatable bonds is 4. The number of anilines is 1. The van der Waals surface area contributed by atoms with Crippen molar-refractivity contribution in [3.8, 4) is 0 Å². The number of hydrogen-bond acceptors (Lipinski definition) is 4. The summed E-state index contributed by atoms with van der Waals surface area (Å²) in [6.45, 7) is 3.44. The van der Waals surface area contributed by atoms with Crippen molar-refractivity contribution in [2.45, 2.75) is 24.7 Å². The summed E-state index contributed by atoms with van der Waals surface area (Å²) in [5.74, 6) is -0.383. The van der Waals surface area contributed by atoms with Gasteiger partial charge in [-0.3, -0.25) is 4.79 Å². The van der Waals surface area contributed by atoms with E-state index in [9.17, 15) is 13.6 Å². The van der Waals surface area contributed by atoms with Gasteiger partial charge in [0.15, 0.2) is 11.1 Å². The van der Waals surface area contributed by atoms with Crippen LogP contribution < -0.4 is 4.90 Å². The zero-order valence-corrected chi connectivity index (χ0v) is 14.4. The maximum Gasteiger partial charge on any atom is 0.310 e. The molecule has 0 saturated carbocycles. The van der Waals surface area contributed by atoms with Crippen LogP contribution in [0, 0.1) is 5.92 Å². The molecule has 0 aliphatic carbocycles. The summed E-state index contributed by atoms with van der Waals surface area (Å²) in [6.07, 6.45) is 1.64. The minimum absolute atomic E-state index is 0.186. The van der Waals surface area contributed by atoms with Crippen LogP contribution in [0.15, 0.2) is 41.3 Å². The molecule has 0 spiro atoms. The van der Waals surface area contributed by atoms with Crippen molar-refractivity contribution in [3.63, 3.8) is 0 Å². The summed E-state index contributed by atoms with van der Waals surface area (Å²) in [7, 11) is 0. The molecule has 6 heteroatoms. The molecule has 1 N–H and O–H groups in total. The van der Waals surface area contributed by atoms with Gasteiger partial charge in [0.1, 0.15) is 0 Å². The number of carbonyl (C=O) groups is 1. The van der Waals surface area contributed by atoms with Crippen LogP contribution in [-0.4, -0.2) is 34.4 Å². The van der Waals surface area contributed by atoms with Gasteiger partial charge in [-0.1, -0.05) is 30.3 Å². The lowest BCUT2D eigenvalue weighted by Gasteiger charge is -2.34. The van der Waals surface area contributed by atoms with Crippen molar-refractivity contribution in [1.29, 1.82) is 0 Å². The van der Waals surface area contributed by atoms with Crippen molar-refractivity contribution in [1.82, 2.24) is 0 Å². The quantitative estimate of drug-likeness (QED) is 0.679. The Labute approximate surface area is 143 Å². The van der Waals surface area contributed by atoms with E-state index in [4.69, 9.17) is 4.74 Å². The highest BCUT2D eigenvalue weighted by atomic mass is 32.2. The first kappa shape index (κ1) is 16.9. The van der Waals surface area contributed by atoms with Crippen LogP contribution in [0.1, 0.15) is 19.8 Å². The monoisotopic (exact) mass is 347 g/mol. The van der Waals surface area contributed by atoms with Crippen molar-refractivity contribution in [2.75, 3.05) is 24.6 Å². The second-order valence-electron chi connectivity index (χ2n) is 5.92. The lowest BCUT2D eigenvalue weighted by atomic mass is 9.96. The lowest BCUT2D eigenvalue weighted by molar-refractivity contribution is -0.148. The van der Waals surface area contributed by atoms with Gasteiger partial charge in [0.05, 0.1) is 23.1 Å². The third-order valence-electron chi connectivity index (χ3n) is 4.41. The average Bonchev–Trinajstić information content (AvgIpc) is 2.61. The van der Waals surface area contributed by atoms with Crippen molar-refractivity contribution in [3.05, 3.63) is 36.4 Å². The van der Waals surface area contributed by atoms with Crippen LogP contribution in [0.2, 0.25) is 0 Å². The Morgan fingerprint density at radius 1 is 1.33 bits per heavy atom. The molecule has 1 aliphatic heterocycles. The molecule has 0 amide bonds. The van der Waals surface area contributed by atoms with Crippen LogP contribution in [0.25, 0.3) is 10.8 Å². The molecular formula is C18H21NO4S. The summed E-state index contributed by atoms with van der Waals surface area (Å²) in [5.41, 5.74) is 0.753. The average molecular weight is 347 g/mol. The molecule has 24 heavy (non-hydrogen) atoms. The summed E-state index contributed by atoms with van der Waals surface area (Å²) in [4.78, 5) is 14.5. The van der Waals surface area contributed by atoms with E-state index in [2.05, 4.69) is 4.90 Å². The number of nitrogens with zero attached hydrogens (tertiary/aromatic N) is 1. The molecule has 1 saturated heterocycles. The molecule has 1 heterocycles. The maximum atomic E-state index is 12.1. The van der Waals surface area contributed by atoms with E-state index in [1.165, 1.54) is 0 Å². The van der Waals surface area contributed by atoms with Gasteiger partial charge >= 0.3 is 5.97 Å². The number of esters is 1. The van der Waals surface area contributed by atoms with E-state index >= 15 is 0 Å². The van der Waals surface area contributed by atoms with Crippen LogP contribution >= 0.6 is 0 Å². The van der Waals surface area contributed by atoms with E-state index in [1.807, 2.05) is 30.3 Å². The van der Waals surface area contributed by atoms with E-state index in [0.29, 0.717) is 18.0 Å². The number of benzene rings is 2. The van der Waals surface area contributed by atoms with Gasteiger partial charge in [-0.2, -0.15) is 0 Å². The summed E-state index contributed by atoms with van der Waals surface area (Å²) >= 11 is -2.08. The fraction of sp³-hybridized carbons (Fsp3) is 0.389. The highest BCUT2D eigenvalue weighted by Gasteiger charge is 2.29. The summed E-state index contributed by atoms with van der Waals surface area (Å²) in [6, 6.07) is 11.4. The van der Waals surface area contributed by atoms with Gasteiger partial charge in [-0.05, 0) is 31.2 Å². The summed E-state index contributed by atoms with van der Waals surface area (Å²) < 4.78 is 26.7. The Morgan fingerprint density at radius 3 is 2.88 bits per heavy atom. The Hall–Kier alpha value is -1.92. The second-order valence-corrected chi connectivity index (χ2v) is 6.86. The first-order valence-electron chi connectivity index (χ1n) is 8.16. The normalized spacial score (nSPS) is 19.2. The molecule has 0 aromatic heterocycles. The number of fused-ring (bicyclic) bond motifs is 1. The number of ether oxygens (including phenoxy) is 1. The van der Waals surface area contributed by atoms with Crippen LogP contribution in [0.4, 0.5) is 5.69 Å². The largest absolute Gasteiger partial charge is 0.466 e. The minimum atomic E-state index is -2.08. The fourth-order valence-corrected chi connectivity index (χ4v) is 3.92. The van der Waals surface area contributed by atoms with Crippen LogP contribution in [-0.2, 0) is 20.6 Å². The summed E-state index contributed by atoms with van der Waals surface area (Å²) in [5, 5.41) is 1.95. The Balaban J connectivity index is 2.02. The molecular weight excluding hydrogens is 326 g/mol. The molecule has 3 rings (SSSR count). The van der Waals surface area contributed by atoms with Gasteiger partial charge in [-0.15, -0.1) is 0 Å². The van der Waals surface area contributed by atoms with E-state index < -0.39 is 11.1 Å². The molecule has 1 fully saturated rings. The predicted octanol–water partition coefficient (Wildman–Crippen LogP) is 3.20. The first-order valence-corrected chi connectivity index (χ1v) is 9.26. The topological polar surface area (TPSA) is 66.8 Å². The third-order valence-corrected chi connectivity index (χ3v) is 5.11.